The van der Waals surface area contributed by atoms with E-state index in [1.54, 1.807) is 6.26 Å². The normalized spacial score (nSPS) is 12.0. The third kappa shape index (κ3) is 3.70. The standard InChI is InChI=1S/C19H19N3O2/c1-13-7-9-15(10-8-13)19-22-16(12-24-19)11-21-17(18(20)23)14-5-3-2-4-6-14/h2-10,12,17,21H,11H2,1H3,(H2,20,23)/t17-/m1/s1. The van der Waals surface area contributed by atoms with Gasteiger partial charge in [-0.1, -0.05) is 48.0 Å². The molecule has 122 valence electrons. The summed E-state index contributed by atoms with van der Waals surface area (Å²) in [5.41, 5.74) is 9.14. The number of nitrogens with two attached hydrogens (primary N) is 1. The van der Waals surface area contributed by atoms with Crippen LogP contribution in [0.5, 0.6) is 0 Å². The summed E-state index contributed by atoms with van der Waals surface area (Å²) in [7, 11) is 0. The van der Waals surface area contributed by atoms with Crippen molar-refractivity contribution in [1.29, 1.82) is 0 Å². The molecular weight excluding hydrogens is 302 g/mol. The monoisotopic (exact) mass is 321 g/mol. The molecule has 2 aromatic carbocycles. The molecule has 3 rings (SSSR count). The van der Waals surface area contributed by atoms with Crippen molar-refractivity contribution in [1.82, 2.24) is 10.3 Å². The van der Waals surface area contributed by atoms with Crippen LogP contribution < -0.4 is 11.1 Å². The van der Waals surface area contributed by atoms with Gasteiger partial charge in [-0.25, -0.2) is 4.98 Å². The van der Waals surface area contributed by atoms with Crippen molar-refractivity contribution < 1.29 is 9.21 Å². The molecule has 5 heteroatoms. The van der Waals surface area contributed by atoms with E-state index in [2.05, 4.69) is 10.3 Å². The summed E-state index contributed by atoms with van der Waals surface area (Å²) in [4.78, 5) is 16.1. The highest BCUT2D eigenvalue weighted by Crippen LogP contribution is 2.19. The number of oxazole rings is 1. The third-order valence-electron chi connectivity index (χ3n) is 3.75. The van der Waals surface area contributed by atoms with Crippen LogP contribution in [-0.4, -0.2) is 10.9 Å². The van der Waals surface area contributed by atoms with E-state index in [1.807, 2.05) is 61.5 Å². The minimum absolute atomic E-state index is 0.387. The number of aryl methyl sites for hydroxylation is 1. The average molecular weight is 321 g/mol. The van der Waals surface area contributed by atoms with Crippen molar-refractivity contribution in [2.75, 3.05) is 0 Å². The Labute approximate surface area is 140 Å². The van der Waals surface area contributed by atoms with Crippen molar-refractivity contribution in [3.8, 4) is 11.5 Å². The summed E-state index contributed by atoms with van der Waals surface area (Å²) in [6.45, 7) is 2.42. The van der Waals surface area contributed by atoms with E-state index in [0.29, 0.717) is 18.1 Å². The van der Waals surface area contributed by atoms with Crippen LogP contribution in [0, 0.1) is 6.92 Å². The minimum atomic E-state index is -0.564. The maximum atomic E-state index is 11.7. The van der Waals surface area contributed by atoms with Gasteiger partial charge in [-0.3, -0.25) is 10.1 Å². The number of hydrogen-bond acceptors (Lipinski definition) is 4. The number of benzene rings is 2. The number of nitrogens with one attached hydrogen (secondary N) is 1. The highest BCUT2D eigenvalue weighted by Gasteiger charge is 2.17. The Kier molecular flexibility index (Phi) is 4.72. The molecule has 0 saturated heterocycles. The van der Waals surface area contributed by atoms with Crippen LogP contribution in [0.1, 0.15) is 22.9 Å². The average Bonchev–Trinajstić information content (AvgIpc) is 3.05. The highest BCUT2D eigenvalue weighted by atomic mass is 16.3. The van der Waals surface area contributed by atoms with Gasteiger partial charge in [0.2, 0.25) is 11.8 Å². The highest BCUT2D eigenvalue weighted by molar-refractivity contribution is 5.81. The van der Waals surface area contributed by atoms with Gasteiger partial charge in [0.25, 0.3) is 0 Å². The number of nitrogens with zero attached hydrogens (tertiary/aromatic N) is 1. The number of amides is 1. The second kappa shape index (κ2) is 7.10. The van der Waals surface area contributed by atoms with Gasteiger partial charge < -0.3 is 10.2 Å². The van der Waals surface area contributed by atoms with Crippen LogP contribution >= 0.6 is 0 Å². The van der Waals surface area contributed by atoms with Crippen LogP contribution in [0.4, 0.5) is 0 Å². The molecule has 0 bridgehead atoms. The lowest BCUT2D eigenvalue weighted by molar-refractivity contribution is -0.120. The predicted octanol–water partition coefficient (Wildman–Crippen LogP) is 2.97. The first-order valence-electron chi connectivity index (χ1n) is 7.72. The molecule has 1 heterocycles. The third-order valence-corrected chi connectivity index (χ3v) is 3.75. The molecule has 0 spiro atoms. The fraction of sp³-hybridized carbons (Fsp3) is 0.158. The molecule has 0 aliphatic carbocycles. The van der Waals surface area contributed by atoms with Gasteiger partial charge in [-0.15, -0.1) is 0 Å². The van der Waals surface area contributed by atoms with Crippen molar-refractivity contribution in [2.24, 2.45) is 5.73 Å². The molecule has 0 aliphatic heterocycles. The lowest BCUT2D eigenvalue weighted by Gasteiger charge is -2.14. The molecule has 1 atom stereocenters. The zero-order valence-corrected chi connectivity index (χ0v) is 13.4. The number of aromatic nitrogens is 1. The Morgan fingerprint density at radius 2 is 1.88 bits per heavy atom. The molecule has 3 N–H and O–H groups in total. The lowest BCUT2D eigenvalue weighted by atomic mass is 10.1. The molecule has 1 amide bonds. The Hall–Kier alpha value is -2.92. The molecule has 3 aromatic rings. The molecule has 0 radical (unpaired) electrons. The number of rotatable bonds is 6. The van der Waals surface area contributed by atoms with Crippen molar-refractivity contribution in [3.05, 3.63) is 77.7 Å². The summed E-state index contributed by atoms with van der Waals surface area (Å²) >= 11 is 0. The van der Waals surface area contributed by atoms with Crippen LogP contribution in [0.3, 0.4) is 0 Å². The minimum Gasteiger partial charge on any atom is -0.444 e. The maximum absolute atomic E-state index is 11.7. The second-order valence-electron chi connectivity index (χ2n) is 5.64. The second-order valence-corrected chi connectivity index (χ2v) is 5.64. The smallest absolute Gasteiger partial charge is 0.239 e. The van der Waals surface area contributed by atoms with E-state index in [-0.39, 0.29) is 0 Å². The summed E-state index contributed by atoms with van der Waals surface area (Å²) in [5, 5.41) is 3.13. The van der Waals surface area contributed by atoms with Gasteiger partial charge in [-0.05, 0) is 24.6 Å². The van der Waals surface area contributed by atoms with Crippen LogP contribution in [0.2, 0.25) is 0 Å². The van der Waals surface area contributed by atoms with Gasteiger partial charge in [0.05, 0.1) is 5.69 Å². The molecule has 24 heavy (non-hydrogen) atoms. The topological polar surface area (TPSA) is 81.1 Å². The van der Waals surface area contributed by atoms with Crippen LogP contribution in [0.25, 0.3) is 11.5 Å². The first kappa shape index (κ1) is 16.0. The van der Waals surface area contributed by atoms with E-state index >= 15 is 0 Å². The molecule has 0 unspecified atom stereocenters. The quantitative estimate of drug-likeness (QED) is 0.731. The molecule has 0 aliphatic rings. The Balaban J connectivity index is 1.70. The number of primary amides is 1. The number of hydrogen-bond donors (Lipinski definition) is 2. The van der Waals surface area contributed by atoms with Crippen molar-refractivity contribution in [2.45, 2.75) is 19.5 Å². The lowest BCUT2D eigenvalue weighted by Crippen LogP contribution is -2.33. The molecule has 0 saturated carbocycles. The maximum Gasteiger partial charge on any atom is 0.239 e. The van der Waals surface area contributed by atoms with Gasteiger partial charge in [0.1, 0.15) is 12.3 Å². The first-order chi connectivity index (χ1) is 11.6. The Morgan fingerprint density at radius 3 is 2.54 bits per heavy atom. The van der Waals surface area contributed by atoms with E-state index in [0.717, 1.165) is 11.1 Å². The van der Waals surface area contributed by atoms with Gasteiger partial charge in [0, 0.05) is 12.1 Å². The largest absolute Gasteiger partial charge is 0.444 e. The summed E-state index contributed by atoms with van der Waals surface area (Å²) in [5.74, 6) is 0.130. The van der Waals surface area contributed by atoms with E-state index < -0.39 is 11.9 Å². The molecule has 0 fully saturated rings. The van der Waals surface area contributed by atoms with Gasteiger partial charge in [-0.2, -0.15) is 0 Å². The first-order valence-corrected chi connectivity index (χ1v) is 7.72. The summed E-state index contributed by atoms with van der Waals surface area (Å²) in [6.07, 6.45) is 1.59. The molecule has 1 aromatic heterocycles. The molecular formula is C19H19N3O2. The predicted molar refractivity (Wildman–Crippen MR) is 91.9 cm³/mol. The number of carbonyl (C=O) groups is 1. The zero-order valence-electron chi connectivity index (χ0n) is 13.4. The molecule has 5 nitrogen and oxygen atoms in total. The Morgan fingerprint density at radius 1 is 1.17 bits per heavy atom. The van der Waals surface area contributed by atoms with E-state index in [9.17, 15) is 4.79 Å². The van der Waals surface area contributed by atoms with E-state index in [1.165, 1.54) is 5.56 Å². The summed E-state index contributed by atoms with van der Waals surface area (Å²) in [6, 6.07) is 16.8. The number of carbonyl (C=O) groups excluding carboxylic acids is 1. The Bertz CT molecular complexity index is 810. The van der Waals surface area contributed by atoms with Crippen molar-refractivity contribution >= 4 is 5.91 Å². The van der Waals surface area contributed by atoms with Crippen LogP contribution in [-0.2, 0) is 11.3 Å². The fourth-order valence-corrected chi connectivity index (χ4v) is 2.45. The fourth-order valence-electron chi connectivity index (χ4n) is 2.45. The zero-order chi connectivity index (χ0) is 16.9. The SMILES string of the molecule is Cc1ccc(-c2nc(CN[C@@H](C(N)=O)c3ccccc3)co2)cc1. The van der Waals surface area contributed by atoms with Crippen molar-refractivity contribution in [3.63, 3.8) is 0 Å². The van der Waals surface area contributed by atoms with Gasteiger partial charge in [0.15, 0.2) is 0 Å². The van der Waals surface area contributed by atoms with Gasteiger partial charge >= 0.3 is 0 Å². The van der Waals surface area contributed by atoms with E-state index in [4.69, 9.17) is 10.2 Å². The van der Waals surface area contributed by atoms with Crippen LogP contribution in [0.15, 0.2) is 65.3 Å². The summed E-state index contributed by atoms with van der Waals surface area (Å²) < 4.78 is 5.52.